The fourth-order valence-electron chi connectivity index (χ4n) is 2.26. The van der Waals surface area contributed by atoms with E-state index in [1.807, 2.05) is 38.6 Å². The molecule has 0 aromatic carbocycles. The Labute approximate surface area is 113 Å². The summed E-state index contributed by atoms with van der Waals surface area (Å²) in [5, 5.41) is 4.40. The summed E-state index contributed by atoms with van der Waals surface area (Å²) in [5.41, 5.74) is 10.4. The molecular weight excluding hydrogens is 240 g/mol. The molecule has 2 aromatic heterocycles. The molecule has 0 aliphatic carbocycles. The zero-order chi connectivity index (χ0) is 14.0. The highest BCUT2D eigenvalue weighted by molar-refractivity contribution is 5.37. The summed E-state index contributed by atoms with van der Waals surface area (Å²) >= 11 is 0. The number of aromatic nitrogens is 3. The van der Waals surface area contributed by atoms with Crippen LogP contribution in [0.2, 0.25) is 0 Å². The van der Waals surface area contributed by atoms with Gasteiger partial charge in [0.2, 0.25) is 0 Å². The molecule has 5 nitrogen and oxygen atoms in total. The lowest BCUT2D eigenvalue weighted by molar-refractivity contribution is 0.338. The summed E-state index contributed by atoms with van der Waals surface area (Å²) in [5.74, 6) is 0.745. The van der Waals surface area contributed by atoms with Crippen LogP contribution >= 0.6 is 0 Å². The minimum Gasteiger partial charge on any atom is -0.492 e. The fourth-order valence-corrected chi connectivity index (χ4v) is 2.26. The zero-order valence-corrected chi connectivity index (χ0v) is 11.8. The molecule has 2 N–H and O–H groups in total. The van der Waals surface area contributed by atoms with Crippen molar-refractivity contribution in [3.63, 3.8) is 0 Å². The second-order valence-electron chi connectivity index (χ2n) is 4.57. The summed E-state index contributed by atoms with van der Waals surface area (Å²) in [7, 11) is 1.92. The van der Waals surface area contributed by atoms with Crippen LogP contribution in [0.25, 0.3) is 0 Å². The van der Waals surface area contributed by atoms with Crippen molar-refractivity contribution in [3.8, 4) is 5.75 Å². The molecule has 0 amide bonds. The molecule has 0 radical (unpaired) electrons. The van der Waals surface area contributed by atoms with Gasteiger partial charge >= 0.3 is 0 Å². The lowest BCUT2D eigenvalue weighted by Crippen LogP contribution is -2.14. The first-order chi connectivity index (χ1) is 9.04. The Morgan fingerprint density at radius 3 is 2.68 bits per heavy atom. The van der Waals surface area contributed by atoms with Gasteiger partial charge < -0.3 is 10.5 Å². The van der Waals surface area contributed by atoms with Gasteiger partial charge in [0.05, 0.1) is 24.5 Å². The number of aryl methyl sites for hydroxylation is 2. The Hall–Kier alpha value is -1.88. The van der Waals surface area contributed by atoms with E-state index >= 15 is 0 Å². The molecule has 0 fully saturated rings. The number of pyridine rings is 1. The second kappa shape index (κ2) is 5.40. The molecule has 2 rings (SSSR count). The van der Waals surface area contributed by atoms with Crippen LogP contribution in [0.1, 0.15) is 35.5 Å². The molecule has 0 saturated carbocycles. The smallest absolute Gasteiger partial charge is 0.137 e. The van der Waals surface area contributed by atoms with Gasteiger partial charge in [-0.3, -0.25) is 9.67 Å². The standard InChI is InChI=1S/C14H20N4O/c1-5-19-12-6-11(7-16-8-12)14(15)13-9(2)17-18(4)10(13)3/h6-8,14H,5,15H2,1-4H3. The highest BCUT2D eigenvalue weighted by Crippen LogP contribution is 2.26. The van der Waals surface area contributed by atoms with E-state index in [0.717, 1.165) is 28.3 Å². The molecular formula is C14H20N4O. The number of rotatable bonds is 4. The third-order valence-corrected chi connectivity index (χ3v) is 3.28. The molecule has 0 spiro atoms. The van der Waals surface area contributed by atoms with E-state index in [1.54, 1.807) is 12.4 Å². The van der Waals surface area contributed by atoms with Crippen molar-refractivity contribution < 1.29 is 4.74 Å². The SMILES string of the molecule is CCOc1cncc(C(N)c2c(C)nn(C)c2C)c1. The first-order valence-electron chi connectivity index (χ1n) is 6.38. The molecule has 102 valence electrons. The zero-order valence-electron chi connectivity index (χ0n) is 11.8. The quantitative estimate of drug-likeness (QED) is 0.911. The van der Waals surface area contributed by atoms with Crippen LogP contribution in [-0.2, 0) is 7.05 Å². The van der Waals surface area contributed by atoms with E-state index in [4.69, 9.17) is 10.5 Å². The fraction of sp³-hybridized carbons (Fsp3) is 0.429. The highest BCUT2D eigenvalue weighted by atomic mass is 16.5. The average molecular weight is 260 g/mol. The number of hydrogen-bond acceptors (Lipinski definition) is 4. The lowest BCUT2D eigenvalue weighted by atomic mass is 9.99. The molecule has 0 saturated heterocycles. The van der Waals surface area contributed by atoms with Gasteiger partial charge in [-0.1, -0.05) is 0 Å². The first-order valence-corrected chi connectivity index (χ1v) is 6.38. The Bertz CT molecular complexity index is 577. The largest absolute Gasteiger partial charge is 0.492 e. The number of nitrogens with zero attached hydrogens (tertiary/aromatic N) is 3. The topological polar surface area (TPSA) is 66.0 Å². The molecule has 0 aliphatic rings. The van der Waals surface area contributed by atoms with Gasteiger partial charge in [0.25, 0.3) is 0 Å². The monoisotopic (exact) mass is 260 g/mol. The van der Waals surface area contributed by atoms with Gasteiger partial charge in [-0.05, 0) is 32.4 Å². The molecule has 2 heterocycles. The second-order valence-corrected chi connectivity index (χ2v) is 4.57. The van der Waals surface area contributed by atoms with E-state index in [1.165, 1.54) is 0 Å². The highest BCUT2D eigenvalue weighted by Gasteiger charge is 2.19. The number of nitrogens with two attached hydrogens (primary N) is 1. The minimum atomic E-state index is -0.235. The third-order valence-electron chi connectivity index (χ3n) is 3.28. The summed E-state index contributed by atoms with van der Waals surface area (Å²) in [4.78, 5) is 4.18. The van der Waals surface area contributed by atoms with E-state index in [0.29, 0.717) is 6.61 Å². The molecule has 2 aromatic rings. The predicted molar refractivity (Wildman–Crippen MR) is 74.1 cm³/mol. The molecule has 5 heteroatoms. The van der Waals surface area contributed by atoms with Crippen LogP contribution in [0.4, 0.5) is 0 Å². The van der Waals surface area contributed by atoms with Crippen LogP contribution in [0.5, 0.6) is 5.75 Å². The van der Waals surface area contributed by atoms with Gasteiger partial charge in [-0.15, -0.1) is 0 Å². The Kier molecular flexibility index (Phi) is 3.85. The van der Waals surface area contributed by atoms with Crippen molar-refractivity contribution in [1.82, 2.24) is 14.8 Å². The van der Waals surface area contributed by atoms with Crippen molar-refractivity contribution in [2.24, 2.45) is 12.8 Å². The minimum absolute atomic E-state index is 0.235. The normalized spacial score (nSPS) is 12.5. The maximum absolute atomic E-state index is 6.35. The summed E-state index contributed by atoms with van der Waals surface area (Å²) < 4.78 is 7.31. The number of hydrogen-bond donors (Lipinski definition) is 1. The summed E-state index contributed by atoms with van der Waals surface area (Å²) in [6.45, 7) is 6.56. The number of ether oxygens (including phenoxy) is 1. The summed E-state index contributed by atoms with van der Waals surface area (Å²) in [6.07, 6.45) is 3.47. The van der Waals surface area contributed by atoms with Gasteiger partial charge in [0, 0.05) is 24.5 Å². The van der Waals surface area contributed by atoms with Gasteiger partial charge in [-0.2, -0.15) is 5.10 Å². The van der Waals surface area contributed by atoms with Crippen molar-refractivity contribution >= 4 is 0 Å². The molecule has 0 aliphatic heterocycles. The molecule has 0 bridgehead atoms. The molecule has 19 heavy (non-hydrogen) atoms. The Morgan fingerprint density at radius 1 is 1.37 bits per heavy atom. The molecule has 1 unspecified atom stereocenters. The van der Waals surface area contributed by atoms with Crippen molar-refractivity contribution in [3.05, 3.63) is 41.0 Å². The molecule has 1 atom stereocenters. The van der Waals surface area contributed by atoms with Crippen LogP contribution in [0.15, 0.2) is 18.5 Å². The average Bonchev–Trinajstić information content (AvgIpc) is 2.63. The van der Waals surface area contributed by atoms with Crippen LogP contribution < -0.4 is 10.5 Å². The van der Waals surface area contributed by atoms with Crippen LogP contribution in [-0.4, -0.2) is 21.4 Å². The Morgan fingerprint density at radius 2 is 2.11 bits per heavy atom. The van der Waals surface area contributed by atoms with E-state index in [9.17, 15) is 0 Å². The van der Waals surface area contributed by atoms with E-state index in [-0.39, 0.29) is 6.04 Å². The van der Waals surface area contributed by atoms with Gasteiger partial charge in [0.15, 0.2) is 0 Å². The maximum atomic E-state index is 6.35. The van der Waals surface area contributed by atoms with E-state index in [2.05, 4.69) is 10.1 Å². The van der Waals surface area contributed by atoms with Crippen molar-refractivity contribution in [1.29, 1.82) is 0 Å². The summed E-state index contributed by atoms with van der Waals surface area (Å²) in [6, 6.07) is 1.70. The van der Waals surface area contributed by atoms with Gasteiger partial charge in [0.1, 0.15) is 5.75 Å². The lowest BCUT2D eigenvalue weighted by Gasteiger charge is -2.14. The Balaban J connectivity index is 2.38. The van der Waals surface area contributed by atoms with Crippen molar-refractivity contribution in [2.45, 2.75) is 26.8 Å². The van der Waals surface area contributed by atoms with E-state index < -0.39 is 0 Å². The van der Waals surface area contributed by atoms with Crippen LogP contribution in [0, 0.1) is 13.8 Å². The maximum Gasteiger partial charge on any atom is 0.137 e. The van der Waals surface area contributed by atoms with Crippen molar-refractivity contribution in [2.75, 3.05) is 6.61 Å². The van der Waals surface area contributed by atoms with Gasteiger partial charge in [-0.25, -0.2) is 0 Å². The predicted octanol–water partition coefficient (Wildman–Crippen LogP) is 1.88. The first kappa shape index (κ1) is 13.5. The van der Waals surface area contributed by atoms with Crippen LogP contribution in [0.3, 0.4) is 0 Å². The third kappa shape index (κ3) is 2.61.